The minimum absolute atomic E-state index is 0.329. The first-order chi connectivity index (χ1) is 14.1. The minimum atomic E-state index is -0.342. The van der Waals surface area contributed by atoms with E-state index in [4.69, 9.17) is 4.42 Å². The zero-order valence-corrected chi connectivity index (χ0v) is 17.2. The van der Waals surface area contributed by atoms with Crippen LogP contribution in [0.15, 0.2) is 57.9 Å². The maximum Gasteiger partial charge on any atom is 0.290 e. The summed E-state index contributed by atoms with van der Waals surface area (Å²) in [5, 5.41) is 2.93. The SMILES string of the molecule is CCCCCc1ccc(Cc2cc3cc(C=C4SC(=O)NC4=O)ccc3o2)cc1. The summed E-state index contributed by atoms with van der Waals surface area (Å²) < 4.78 is 5.99. The highest BCUT2D eigenvalue weighted by molar-refractivity contribution is 8.18. The van der Waals surface area contributed by atoms with E-state index in [1.54, 1.807) is 6.08 Å². The van der Waals surface area contributed by atoms with Crippen molar-refractivity contribution in [1.82, 2.24) is 5.32 Å². The summed E-state index contributed by atoms with van der Waals surface area (Å²) in [5.74, 6) is 0.567. The van der Waals surface area contributed by atoms with Gasteiger partial charge in [-0.05, 0) is 65.6 Å². The van der Waals surface area contributed by atoms with Gasteiger partial charge in [-0.15, -0.1) is 0 Å². The Morgan fingerprint density at radius 1 is 1.00 bits per heavy atom. The molecule has 2 heterocycles. The molecule has 1 aromatic heterocycles. The number of rotatable bonds is 7. The second-order valence-corrected chi connectivity index (χ2v) is 8.33. The molecule has 2 aromatic carbocycles. The van der Waals surface area contributed by atoms with Crippen LogP contribution < -0.4 is 5.32 Å². The fourth-order valence-electron chi connectivity index (χ4n) is 3.47. The van der Waals surface area contributed by atoms with Crippen molar-refractivity contribution in [3.63, 3.8) is 0 Å². The zero-order chi connectivity index (χ0) is 20.2. The molecule has 1 aliphatic heterocycles. The second-order valence-electron chi connectivity index (χ2n) is 7.31. The summed E-state index contributed by atoms with van der Waals surface area (Å²) in [4.78, 5) is 23.4. The summed E-state index contributed by atoms with van der Waals surface area (Å²) in [6.45, 7) is 2.22. The number of nitrogens with one attached hydrogen (secondary N) is 1. The predicted molar refractivity (Wildman–Crippen MR) is 118 cm³/mol. The lowest BCUT2D eigenvalue weighted by molar-refractivity contribution is -0.115. The molecule has 1 aliphatic rings. The number of imide groups is 1. The molecule has 4 rings (SSSR count). The average molecular weight is 406 g/mol. The monoisotopic (exact) mass is 405 g/mol. The number of unbranched alkanes of at least 4 members (excludes halogenated alkanes) is 2. The van der Waals surface area contributed by atoms with Crippen LogP contribution in [0.2, 0.25) is 0 Å². The summed E-state index contributed by atoms with van der Waals surface area (Å²) in [5.41, 5.74) is 4.30. The third-order valence-electron chi connectivity index (χ3n) is 5.00. The molecule has 1 fully saturated rings. The van der Waals surface area contributed by atoms with Crippen molar-refractivity contribution in [2.24, 2.45) is 0 Å². The molecular formula is C24H23NO3S. The molecule has 1 saturated heterocycles. The Morgan fingerprint density at radius 2 is 1.79 bits per heavy atom. The maximum absolute atomic E-state index is 11.7. The van der Waals surface area contributed by atoms with Crippen LogP contribution in [0.3, 0.4) is 0 Å². The van der Waals surface area contributed by atoms with Gasteiger partial charge in [-0.25, -0.2) is 0 Å². The summed E-state index contributed by atoms with van der Waals surface area (Å²) in [7, 11) is 0. The van der Waals surface area contributed by atoms with Crippen LogP contribution in [-0.2, 0) is 17.6 Å². The predicted octanol–water partition coefficient (Wildman–Crippen LogP) is 6.08. The Balaban J connectivity index is 1.47. The normalized spacial score (nSPS) is 15.4. The fraction of sp³-hybridized carbons (Fsp3) is 0.250. The molecule has 2 amide bonds. The van der Waals surface area contributed by atoms with Crippen LogP contribution in [-0.4, -0.2) is 11.1 Å². The fourth-order valence-corrected chi connectivity index (χ4v) is 4.15. The van der Waals surface area contributed by atoms with Crippen LogP contribution in [0.4, 0.5) is 4.79 Å². The number of hydrogen-bond acceptors (Lipinski definition) is 4. The largest absolute Gasteiger partial charge is 0.461 e. The van der Waals surface area contributed by atoms with Gasteiger partial charge in [0.15, 0.2) is 0 Å². The van der Waals surface area contributed by atoms with Gasteiger partial charge in [0.1, 0.15) is 11.3 Å². The first kappa shape index (κ1) is 19.5. The van der Waals surface area contributed by atoms with E-state index in [1.165, 1.54) is 30.4 Å². The molecule has 1 N–H and O–H groups in total. The molecule has 0 bridgehead atoms. The Hall–Kier alpha value is -2.79. The van der Waals surface area contributed by atoms with Crippen molar-refractivity contribution in [3.8, 4) is 0 Å². The Kier molecular flexibility index (Phi) is 5.86. The zero-order valence-electron chi connectivity index (χ0n) is 16.4. The van der Waals surface area contributed by atoms with Crippen molar-refractivity contribution in [2.75, 3.05) is 0 Å². The number of furan rings is 1. The van der Waals surface area contributed by atoms with E-state index < -0.39 is 0 Å². The van der Waals surface area contributed by atoms with Crippen LogP contribution in [0, 0.1) is 0 Å². The van der Waals surface area contributed by atoms with E-state index in [0.29, 0.717) is 4.91 Å². The Bertz CT molecular complexity index is 1080. The van der Waals surface area contributed by atoms with Crippen molar-refractivity contribution < 1.29 is 14.0 Å². The van der Waals surface area contributed by atoms with E-state index in [0.717, 1.165) is 46.9 Å². The van der Waals surface area contributed by atoms with Gasteiger partial charge in [0.05, 0.1) is 4.91 Å². The average Bonchev–Trinajstić information content (AvgIpc) is 3.24. The van der Waals surface area contributed by atoms with Gasteiger partial charge in [-0.3, -0.25) is 14.9 Å². The maximum atomic E-state index is 11.7. The van der Waals surface area contributed by atoms with Crippen LogP contribution in [0.25, 0.3) is 17.0 Å². The van der Waals surface area contributed by atoms with E-state index in [9.17, 15) is 9.59 Å². The van der Waals surface area contributed by atoms with E-state index in [2.05, 4.69) is 36.5 Å². The van der Waals surface area contributed by atoms with Crippen LogP contribution in [0.1, 0.15) is 48.6 Å². The molecule has 4 nitrogen and oxygen atoms in total. The van der Waals surface area contributed by atoms with Gasteiger partial charge >= 0.3 is 0 Å². The smallest absolute Gasteiger partial charge is 0.290 e. The van der Waals surface area contributed by atoms with Crippen molar-refractivity contribution in [2.45, 2.75) is 39.0 Å². The minimum Gasteiger partial charge on any atom is -0.461 e. The Morgan fingerprint density at radius 3 is 2.52 bits per heavy atom. The first-order valence-electron chi connectivity index (χ1n) is 9.96. The lowest BCUT2D eigenvalue weighted by atomic mass is 10.0. The quantitative estimate of drug-likeness (QED) is 0.382. The highest BCUT2D eigenvalue weighted by Crippen LogP contribution is 2.28. The topological polar surface area (TPSA) is 59.3 Å². The lowest BCUT2D eigenvalue weighted by Gasteiger charge is -2.03. The third-order valence-corrected chi connectivity index (χ3v) is 5.81. The van der Waals surface area contributed by atoms with Crippen LogP contribution in [0.5, 0.6) is 0 Å². The van der Waals surface area contributed by atoms with E-state index >= 15 is 0 Å². The molecule has 3 aromatic rings. The number of aryl methyl sites for hydroxylation is 1. The number of carbonyl (C=O) groups is 2. The van der Waals surface area contributed by atoms with E-state index in [1.807, 2.05) is 24.3 Å². The van der Waals surface area contributed by atoms with Gasteiger partial charge in [0.2, 0.25) is 0 Å². The van der Waals surface area contributed by atoms with Crippen molar-refractivity contribution in [3.05, 3.63) is 75.9 Å². The molecule has 0 radical (unpaired) electrons. The molecular weight excluding hydrogens is 382 g/mol. The summed E-state index contributed by atoms with van der Waals surface area (Å²) >= 11 is 0.926. The molecule has 0 saturated carbocycles. The number of carbonyl (C=O) groups excluding carboxylic acids is 2. The molecule has 0 spiro atoms. The highest BCUT2D eigenvalue weighted by Gasteiger charge is 2.24. The van der Waals surface area contributed by atoms with E-state index in [-0.39, 0.29) is 11.1 Å². The van der Waals surface area contributed by atoms with Gasteiger partial charge in [-0.2, -0.15) is 0 Å². The number of thioether (sulfide) groups is 1. The first-order valence-corrected chi connectivity index (χ1v) is 10.8. The summed E-state index contributed by atoms with van der Waals surface area (Å²) in [6, 6.07) is 16.6. The second kappa shape index (κ2) is 8.70. The van der Waals surface area contributed by atoms with Gasteiger partial charge in [0.25, 0.3) is 11.1 Å². The number of hydrogen-bond donors (Lipinski definition) is 1. The molecule has 148 valence electrons. The standard InChI is InChI=1S/C24H23NO3S/c1-2-3-4-5-16-6-8-17(9-7-16)13-20-15-19-12-18(10-11-21(19)28-20)14-22-23(26)25-24(27)29-22/h6-12,14-15H,2-5,13H2,1H3,(H,25,26,27). The number of fused-ring (bicyclic) bond motifs is 1. The highest BCUT2D eigenvalue weighted by atomic mass is 32.2. The van der Waals surface area contributed by atoms with Crippen molar-refractivity contribution in [1.29, 1.82) is 0 Å². The van der Waals surface area contributed by atoms with Crippen molar-refractivity contribution >= 4 is 40.0 Å². The summed E-state index contributed by atoms with van der Waals surface area (Å²) in [6.07, 6.45) is 7.37. The number of benzene rings is 2. The van der Waals surface area contributed by atoms with Gasteiger partial charge in [-0.1, -0.05) is 50.1 Å². The molecule has 0 aliphatic carbocycles. The molecule has 0 unspecified atom stereocenters. The van der Waals surface area contributed by atoms with Gasteiger partial charge < -0.3 is 4.42 Å². The third kappa shape index (κ3) is 4.80. The number of amides is 2. The molecule has 0 atom stereocenters. The van der Waals surface area contributed by atoms with Crippen LogP contribution >= 0.6 is 11.8 Å². The molecule has 29 heavy (non-hydrogen) atoms. The Labute approximate surface area is 174 Å². The lowest BCUT2D eigenvalue weighted by Crippen LogP contribution is -2.17. The molecule has 5 heteroatoms. The van der Waals surface area contributed by atoms with Gasteiger partial charge in [0, 0.05) is 11.8 Å².